The Kier molecular flexibility index (Phi) is 3.77. The lowest BCUT2D eigenvalue weighted by Gasteiger charge is -2.29. The van der Waals surface area contributed by atoms with E-state index in [2.05, 4.69) is 0 Å². The van der Waals surface area contributed by atoms with E-state index < -0.39 is 5.54 Å². The van der Waals surface area contributed by atoms with Gasteiger partial charge in [0.1, 0.15) is 0 Å². The second kappa shape index (κ2) is 5.24. The van der Waals surface area contributed by atoms with Crippen molar-refractivity contribution in [3.8, 4) is 11.5 Å². The van der Waals surface area contributed by atoms with Gasteiger partial charge in [-0.05, 0) is 44.5 Å². The average molecular weight is 289 g/mol. The molecule has 1 N–H and O–H groups in total. The van der Waals surface area contributed by atoms with Gasteiger partial charge < -0.3 is 9.84 Å². The molecule has 1 aromatic carbocycles. The maximum atomic E-state index is 12.3. The summed E-state index contributed by atoms with van der Waals surface area (Å²) in [6, 6.07) is 4.79. The number of ether oxygens (including phenoxy) is 1. The highest BCUT2D eigenvalue weighted by Gasteiger charge is 2.40. The fourth-order valence-corrected chi connectivity index (χ4v) is 2.35. The van der Waals surface area contributed by atoms with Crippen LogP contribution in [0.1, 0.15) is 32.8 Å². The predicted molar refractivity (Wildman–Crippen MR) is 78.9 cm³/mol. The lowest BCUT2D eigenvalue weighted by atomic mass is 10.1. The number of carbonyl (C=O) groups is 2. The molecule has 1 aromatic rings. The van der Waals surface area contributed by atoms with E-state index in [9.17, 15) is 14.7 Å². The Morgan fingerprint density at radius 2 is 1.95 bits per heavy atom. The highest BCUT2D eigenvalue weighted by Crippen LogP contribution is 2.31. The monoisotopic (exact) mass is 289 g/mol. The molecule has 1 aliphatic heterocycles. The highest BCUT2D eigenvalue weighted by molar-refractivity contribution is 6.16. The number of likely N-dealkylation sites (tertiary alicyclic amines) is 1. The van der Waals surface area contributed by atoms with Crippen LogP contribution in [0, 0.1) is 0 Å². The molecule has 0 saturated carbocycles. The number of carbonyl (C=O) groups excluding carboxylic acids is 2. The van der Waals surface area contributed by atoms with Crippen molar-refractivity contribution in [2.24, 2.45) is 0 Å². The van der Waals surface area contributed by atoms with Crippen LogP contribution in [-0.2, 0) is 9.59 Å². The van der Waals surface area contributed by atoms with Crippen LogP contribution in [0.15, 0.2) is 23.8 Å². The number of hydrogen-bond acceptors (Lipinski definition) is 4. The molecule has 112 valence electrons. The Labute approximate surface area is 123 Å². The molecule has 1 aliphatic rings. The van der Waals surface area contributed by atoms with Crippen molar-refractivity contribution < 1.29 is 19.4 Å². The van der Waals surface area contributed by atoms with E-state index >= 15 is 0 Å². The molecule has 0 aliphatic carbocycles. The third-order valence-corrected chi connectivity index (χ3v) is 3.28. The summed E-state index contributed by atoms with van der Waals surface area (Å²) < 4.78 is 5.03. The minimum atomic E-state index is -0.531. The molecule has 0 atom stereocenters. The van der Waals surface area contributed by atoms with Gasteiger partial charge in [0.25, 0.3) is 5.91 Å². The van der Waals surface area contributed by atoms with Crippen LogP contribution in [0.25, 0.3) is 6.08 Å². The number of rotatable bonds is 2. The van der Waals surface area contributed by atoms with Gasteiger partial charge in [0, 0.05) is 11.1 Å². The van der Waals surface area contributed by atoms with Crippen molar-refractivity contribution in [3.05, 3.63) is 29.3 Å². The molecule has 0 aromatic heterocycles. The van der Waals surface area contributed by atoms with Crippen LogP contribution >= 0.6 is 0 Å². The second-order valence-corrected chi connectivity index (χ2v) is 5.98. The fourth-order valence-electron chi connectivity index (χ4n) is 2.35. The van der Waals surface area contributed by atoms with Crippen LogP contribution in [0.5, 0.6) is 11.5 Å². The second-order valence-electron chi connectivity index (χ2n) is 5.98. The summed E-state index contributed by atoms with van der Waals surface area (Å²) in [5, 5.41) is 9.56. The van der Waals surface area contributed by atoms with Gasteiger partial charge in [-0.15, -0.1) is 0 Å². The predicted octanol–water partition coefficient (Wildman–Crippen LogP) is 2.34. The topological polar surface area (TPSA) is 66.8 Å². The third-order valence-electron chi connectivity index (χ3n) is 3.28. The van der Waals surface area contributed by atoms with Crippen LogP contribution in [-0.4, -0.2) is 34.5 Å². The lowest BCUT2D eigenvalue weighted by Crippen LogP contribution is -2.44. The maximum Gasteiger partial charge on any atom is 0.257 e. The molecule has 0 unspecified atom stereocenters. The summed E-state index contributed by atoms with van der Waals surface area (Å²) in [6.07, 6.45) is 1.76. The quantitative estimate of drug-likeness (QED) is 0.670. The van der Waals surface area contributed by atoms with Gasteiger partial charge in [-0.3, -0.25) is 14.5 Å². The van der Waals surface area contributed by atoms with Gasteiger partial charge >= 0.3 is 0 Å². The molecule has 21 heavy (non-hydrogen) atoms. The minimum absolute atomic E-state index is 0.0322. The van der Waals surface area contributed by atoms with E-state index in [0.29, 0.717) is 16.9 Å². The van der Waals surface area contributed by atoms with Gasteiger partial charge in [0.05, 0.1) is 13.5 Å². The summed E-state index contributed by atoms with van der Waals surface area (Å²) in [5.74, 6) is -0.0948. The first kappa shape index (κ1) is 15.1. The van der Waals surface area contributed by atoms with Crippen molar-refractivity contribution in [1.29, 1.82) is 0 Å². The summed E-state index contributed by atoms with van der Waals surface area (Å²) in [5.41, 5.74) is 0.621. The van der Waals surface area contributed by atoms with Crippen LogP contribution in [0.3, 0.4) is 0 Å². The first-order valence-corrected chi connectivity index (χ1v) is 6.69. The van der Waals surface area contributed by atoms with Crippen molar-refractivity contribution in [2.45, 2.75) is 32.7 Å². The Bertz CT molecular complexity index is 626. The summed E-state index contributed by atoms with van der Waals surface area (Å²) in [6.45, 7) is 5.49. The van der Waals surface area contributed by atoms with Crippen molar-refractivity contribution >= 4 is 17.9 Å². The van der Waals surface area contributed by atoms with Crippen LogP contribution in [0.4, 0.5) is 0 Å². The third kappa shape index (κ3) is 2.91. The zero-order valence-electron chi connectivity index (χ0n) is 12.6. The molecular weight excluding hydrogens is 270 g/mol. The van der Waals surface area contributed by atoms with Gasteiger partial charge in [0.2, 0.25) is 5.91 Å². The number of amides is 2. The van der Waals surface area contributed by atoms with E-state index in [1.165, 1.54) is 18.1 Å². The molecule has 0 spiro atoms. The Hall–Kier alpha value is -2.30. The molecule has 5 nitrogen and oxygen atoms in total. The van der Waals surface area contributed by atoms with Crippen LogP contribution in [0.2, 0.25) is 0 Å². The molecular formula is C16H19NO4. The molecule has 2 amide bonds. The fraction of sp³-hybridized carbons (Fsp3) is 0.375. The van der Waals surface area contributed by atoms with E-state index in [-0.39, 0.29) is 24.0 Å². The number of nitrogens with zero attached hydrogens (tertiary/aromatic N) is 1. The number of imide groups is 1. The van der Waals surface area contributed by atoms with Gasteiger partial charge in [-0.2, -0.15) is 0 Å². The SMILES string of the molecule is COc1cc(C=C2CC(=O)N(C(C)(C)C)C2=O)ccc1O. The largest absolute Gasteiger partial charge is 0.504 e. The normalized spacial score (nSPS) is 17.7. The number of aromatic hydroxyl groups is 1. The van der Waals surface area contributed by atoms with E-state index in [1.807, 2.05) is 20.8 Å². The molecule has 0 bridgehead atoms. The van der Waals surface area contributed by atoms with E-state index in [4.69, 9.17) is 4.74 Å². The molecule has 1 fully saturated rings. The maximum absolute atomic E-state index is 12.3. The van der Waals surface area contributed by atoms with E-state index in [1.54, 1.807) is 18.2 Å². The molecule has 1 heterocycles. The Morgan fingerprint density at radius 1 is 1.29 bits per heavy atom. The molecule has 2 rings (SSSR count). The van der Waals surface area contributed by atoms with Crippen molar-refractivity contribution in [2.75, 3.05) is 7.11 Å². The number of hydrogen-bond donors (Lipinski definition) is 1. The smallest absolute Gasteiger partial charge is 0.257 e. The number of phenolic OH excluding ortho intramolecular Hbond substituents is 1. The number of phenols is 1. The Morgan fingerprint density at radius 3 is 2.48 bits per heavy atom. The molecule has 5 heteroatoms. The zero-order valence-corrected chi connectivity index (χ0v) is 12.6. The number of methoxy groups -OCH3 is 1. The first-order valence-electron chi connectivity index (χ1n) is 6.69. The Balaban J connectivity index is 2.35. The zero-order chi connectivity index (χ0) is 15.8. The van der Waals surface area contributed by atoms with Gasteiger partial charge in [-0.1, -0.05) is 6.07 Å². The number of benzene rings is 1. The minimum Gasteiger partial charge on any atom is -0.504 e. The van der Waals surface area contributed by atoms with Crippen molar-refractivity contribution in [1.82, 2.24) is 4.90 Å². The standard InChI is InChI=1S/C16H19NO4/c1-16(2,3)17-14(19)9-11(15(17)20)7-10-5-6-12(18)13(8-10)21-4/h5-8,18H,9H2,1-4H3. The summed E-state index contributed by atoms with van der Waals surface area (Å²) in [7, 11) is 1.46. The van der Waals surface area contributed by atoms with E-state index in [0.717, 1.165) is 0 Å². The summed E-state index contributed by atoms with van der Waals surface area (Å²) >= 11 is 0. The van der Waals surface area contributed by atoms with Crippen molar-refractivity contribution in [3.63, 3.8) is 0 Å². The average Bonchev–Trinajstić information content (AvgIpc) is 2.66. The molecule has 0 radical (unpaired) electrons. The highest BCUT2D eigenvalue weighted by atomic mass is 16.5. The summed E-state index contributed by atoms with van der Waals surface area (Å²) in [4.78, 5) is 25.6. The van der Waals surface area contributed by atoms with Gasteiger partial charge in [0.15, 0.2) is 11.5 Å². The first-order chi connectivity index (χ1) is 9.74. The molecule has 1 saturated heterocycles. The van der Waals surface area contributed by atoms with Gasteiger partial charge in [-0.25, -0.2) is 0 Å². The lowest BCUT2D eigenvalue weighted by molar-refractivity contribution is -0.142. The van der Waals surface area contributed by atoms with Crippen LogP contribution < -0.4 is 4.74 Å².